The fourth-order valence-corrected chi connectivity index (χ4v) is 4.02. The molecule has 0 saturated heterocycles. The van der Waals surface area contributed by atoms with Crippen molar-refractivity contribution in [2.45, 2.75) is 6.61 Å². The van der Waals surface area contributed by atoms with E-state index < -0.39 is 0 Å². The Morgan fingerprint density at radius 2 is 1.85 bits per heavy atom. The van der Waals surface area contributed by atoms with E-state index in [2.05, 4.69) is 31.9 Å². The van der Waals surface area contributed by atoms with E-state index >= 15 is 0 Å². The molecule has 3 rings (SSSR count). The molecular formula is C21H16Br2O3S. The van der Waals surface area contributed by atoms with E-state index in [9.17, 15) is 4.79 Å². The molecule has 0 saturated carbocycles. The maximum absolute atomic E-state index is 12.2. The maximum atomic E-state index is 12.2. The summed E-state index contributed by atoms with van der Waals surface area (Å²) in [4.78, 5) is 12.9. The minimum Gasteiger partial charge on any atom is -0.496 e. The molecule has 0 aliphatic carbocycles. The molecule has 1 aromatic heterocycles. The van der Waals surface area contributed by atoms with Crippen LogP contribution in [0.4, 0.5) is 0 Å². The number of carbonyl (C=O) groups excluding carboxylic acids is 1. The Balaban J connectivity index is 1.73. The summed E-state index contributed by atoms with van der Waals surface area (Å²) >= 11 is 8.19. The number of ketones is 1. The molecule has 0 atom stereocenters. The maximum Gasteiger partial charge on any atom is 0.195 e. The average molecular weight is 508 g/mol. The molecule has 0 radical (unpaired) electrons. The average Bonchev–Trinajstić information content (AvgIpc) is 3.12. The fourth-order valence-electron chi connectivity index (χ4n) is 2.40. The highest BCUT2D eigenvalue weighted by Gasteiger charge is 2.07. The second kappa shape index (κ2) is 9.35. The van der Waals surface area contributed by atoms with Crippen LogP contribution in [-0.2, 0) is 6.61 Å². The van der Waals surface area contributed by atoms with Crippen molar-refractivity contribution in [2.24, 2.45) is 0 Å². The quantitative estimate of drug-likeness (QED) is 0.262. The van der Waals surface area contributed by atoms with E-state index in [1.165, 1.54) is 11.3 Å². The lowest BCUT2D eigenvalue weighted by Gasteiger charge is -2.11. The molecule has 0 bridgehead atoms. The van der Waals surface area contributed by atoms with Gasteiger partial charge in [0.2, 0.25) is 0 Å². The van der Waals surface area contributed by atoms with E-state index in [1.54, 1.807) is 19.3 Å². The predicted molar refractivity (Wildman–Crippen MR) is 117 cm³/mol. The van der Waals surface area contributed by atoms with Gasteiger partial charge in [0.05, 0.1) is 12.0 Å². The Morgan fingerprint density at radius 1 is 1.07 bits per heavy atom. The van der Waals surface area contributed by atoms with Crippen LogP contribution in [0.15, 0.2) is 68.9 Å². The van der Waals surface area contributed by atoms with Crippen LogP contribution in [0.3, 0.4) is 0 Å². The second-order valence-corrected chi connectivity index (χ2v) is 8.38. The van der Waals surface area contributed by atoms with Crippen LogP contribution < -0.4 is 9.47 Å². The minimum absolute atomic E-state index is 0.0193. The number of hydrogen-bond donors (Lipinski definition) is 0. The Kier molecular flexibility index (Phi) is 6.88. The first-order valence-electron chi connectivity index (χ1n) is 8.07. The Bertz CT molecular complexity index is 962. The third-order valence-corrected chi connectivity index (χ3v) is 5.98. The molecule has 6 heteroatoms. The van der Waals surface area contributed by atoms with E-state index in [4.69, 9.17) is 9.47 Å². The molecule has 0 unspecified atom stereocenters. The van der Waals surface area contributed by atoms with Gasteiger partial charge in [-0.2, -0.15) is 0 Å². The third-order valence-electron chi connectivity index (χ3n) is 3.75. The number of rotatable bonds is 7. The largest absolute Gasteiger partial charge is 0.496 e. The normalized spacial score (nSPS) is 10.9. The summed E-state index contributed by atoms with van der Waals surface area (Å²) in [6.07, 6.45) is 3.39. The van der Waals surface area contributed by atoms with Crippen molar-refractivity contribution in [2.75, 3.05) is 7.11 Å². The summed E-state index contributed by atoms with van der Waals surface area (Å²) in [5.41, 5.74) is 1.82. The SMILES string of the molecule is COc1ccc(/C=C/C(=O)c2cc(Br)cs2)cc1COc1ccc(Br)cc1. The van der Waals surface area contributed by atoms with Gasteiger partial charge in [-0.05, 0) is 70.0 Å². The topological polar surface area (TPSA) is 35.5 Å². The van der Waals surface area contributed by atoms with Gasteiger partial charge in [0, 0.05) is 19.9 Å². The number of thiophene rings is 1. The molecule has 0 N–H and O–H groups in total. The lowest BCUT2D eigenvalue weighted by molar-refractivity contribution is 0.105. The molecule has 3 nitrogen and oxygen atoms in total. The smallest absolute Gasteiger partial charge is 0.195 e. The molecular weight excluding hydrogens is 492 g/mol. The van der Waals surface area contributed by atoms with Crippen LogP contribution >= 0.6 is 43.2 Å². The van der Waals surface area contributed by atoms with Gasteiger partial charge in [-0.3, -0.25) is 4.79 Å². The summed E-state index contributed by atoms with van der Waals surface area (Å²) in [6, 6.07) is 15.2. The highest BCUT2D eigenvalue weighted by Crippen LogP contribution is 2.24. The summed E-state index contributed by atoms with van der Waals surface area (Å²) < 4.78 is 13.2. The third kappa shape index (κ3) is 5.54. The number of allylic oxidation sites excluding steroid dienone is 1. The van der Waals surface area contributed by atoms with Gasteiger partial charge in [-0.15, -0.1) is 11.3 Å². The minimum atomic E-state index is -0.0193. The van der Waals surface area contributed by atoms with Crippen molar-refractivity contribution in [1.82, 2.24) is 0 Å². The Hall–Kier alpha value is -1.89. The molecule has 2 aromatic carbocycles. The molecule has 0 fully saturated rings. The first-order chi connectivity index (χ1) is 13.0. The van der Waals surface area contributed by atoms with Crippen molar-refractivity contribution in [1.29, 1.82) is 0 Å². The monoisotopic (exact) mass is 506 g/mol. The first-order valence-corrected chi connectivity index (χ1v) is 10.5. The van der Waals surface area contributed by atoms with Crippen LogP contribution in [0.1, 0.15) is 20.8 Å². The fraction of sp³-hybridized carbons (Fsp3) is 0.0952. The zero-order valence-corrected chi connectivity index (χ0v) is 18.4. The number of hydrogen-bond acceptors (Lipinski definition) is 4. The van der Waals surface area contributed by atoms with Crippen molar-refractivity contribution >= 4 is 55.1 Å². The number of carbonyl (C=O) groups is 1. The van der Waals surface area contributed by atoms with Crippen molar-refractivity contribution in [3.63, 3.8) is 0 Å². The number of benzene rings is 2. The van der Waals surface area contributed by atoms with Crippen LogP contribution in [0.25, 0.3) is 6.08 Å². The van der Waals surface area contributed by atoms with Crippen LogP contribution in [0.5, 0.6) is 11.5 Å². The van der Waals surface area contributed by atoms with Gasteiger partial charge < -0.3 is 9.47 Å². The van der Waals surface area contributed by atoms with Crippen LogP contribution in [-0.4, -0.2) is 12.9 Å². The zero-order chi connectivity index (χ0) is 19.2. The predicted octanol–water partition coefficient (Wildman–Crippen LogP) is 6.76. The van der Waals surface area contributed by atoms with Gasteiger partial charge in [0.25, 0.3) is 0 Å². The molecule has 3 aromatic rings. The van der Waals surface area contributed by atoms with Gasteiger partial charge >= 0.3 is 0 Å². The molecule has 27 heavy (non-hydrogen) atoms. The Morgan fingerprint density at radius 3 is 2.52 bits per heavy atom. The van der Waals surface area contributed by atoms with Gasteiger partial charge in [-0.25, -0.2) is 0 Å². The second-order valence-electron chi connectivity index (χ2n) is 5.64. The van der Waals surface area contributed by atoms with Crippen molar-refractivity contribution in [3.05, 3.63) is 84.9 Å². The lowest BCUT2D eigenvalue weighted by atomic mass is 10.1. The summed E-state index contributed by atoms with van der Waals surface area (Å²) in [6.45, 7) is 0.373. The zero-order valence-electron chi connectivity index (χ0n) is 14.4. The van der Waals surface area contributed by atoms with E-state index in [0.29, 0.717) is 11.5 Å². The van der Waals surface area contributed by atoms with Gasteiger partial charge in [0.15, 0.2) is 5.78 Å². The standard InChI is InChI=1S/C21H16Br2O3S/c1-25-20-9-3-14(2-8-19(24)21-11-17(23)13-27-21)10-15(20)12-26-18-6-4-16(22)5-7-18/h2-11,13H,12H2,1H3/b8-2+. The summed E-state index contributed by atoms with van der Waals surface area (Å²) in [5, 5.41) is 1.89. The highest BCUT2D eigenvalue weighted by atomic mass is 79.9. The highest BCUT2D eigenvalue weighted by molar-refractivity contribution is 9.10. The van der Waals surface area contributed by atoms with Crippen molar-refractivity contribution < 1.29 is 14.3 Å². The van der Waals surface area contributed by atoms with Crippen LogP contribution in [0.2, 0.25) is 0 Å². The number of halogens is 2. The van der Waals surface area contributed by atoms with Gasteiger partial charge in [0.1, 0.15) is 18.1 Å². The van der Waals surface area contributed by atoms with Gasteiger partial charge in [-0.1, -0.05) is 28.1 Å². The summed E-state index contributed by atoms with van der Waals surface area (Å²) in [7, 11) is 1.63. The number of ether oxygens (including phenoxy) is 2. The molecule has 0 aliphatic heterocycles. The molecule has 0 aliphatic rings. The van der Waals surface area contributed by atoms with E-state index in [0.717, 1.165) is 31.6 Å². The first kappa shape index (κ1) is 19.9. The Labute approximate surface area is 178 Å². The van der Waals surface area contributed by atoms with Crippen molar-refractivity contribution in [3.8, 4) is 11.5 Å². The van der Waals surface area contributed by atoms with E-state index in [1.807, 2.05) is 53.9 Å². The number of methoxy groups -OCH3 is 1. The summed E-state index contributed by atoms with van der Waals surface area (Å²) in [5.74, 6) is 1.51. The molecule has 138 valence electrons. The van der Waals surface area contributed by atoms with Crippen LogP contribution in [0, 0.1) is 0 Å². The van der Waals surface area contributed by atoms with E-state index in [-0.39, 0.29) is 5.78 Å². The lowest BCUT2D eigenvalue weighted by Crippen LogP contribution is -1.99. The molecule has 0 amide bonds. The molecule has 0 spiro atoms. The molecule has 1 heterocycles.